The minimum Gasteiger partial charge on any atom is -0.381 e. The minimum absolute atomic E-state index is 0. The molecule has 0 aromatic rings. The van der Waals surface area contributed by atoms with Gasteiger partial charge in [-0.15, -0.1) is 12.4 Å². The van der Waals surface area contributed by atoms with Crippen LogP contribution in [0.4, 0.5) is 0 Å². The van der Waals surface area contributed by atoms with Crippen LogP contribution in [0.3, 0.4) is 0 Å². The van der Waals surface area contributed by atoms with Gasteiger partial charge in [-0.1, -0.05) is 6.42 Å². The van der Waals surface area contributed by atoms with Crippen molar-refractivity contribution in [2.45, 2.75) is 57.0 Å². The Morgan fingerprint density at radius 2 is 1.86 bits per heavy atom. The predicted octanol–water partition coefficient (Wildman–Crippen LogP) is 0.712. The maximum absolute atomic E-state index is 12.2. The van der Waals surface area contributed by atoms with Crippen LogP contribution >= 0.6 is 12.4 Å². The van der Waals surface area contributed by atoms with E-state index in [0.717, 1.165) is 32.1 Å². The number of halogens is 1. The number of nitrogens with two attached hydrogens (primary N) is 2. The van der Waals surface area contributed by atoms with Gasteiger partial charge in [0.05, 0.1) is 0 Å². The Kier molecular flexibility index (Phi) is 8.14. The van der Waals surface area contributed by atoms with Crippen molar-refractivity contribution in [2.24, 2.45) is 23.3 Å². The molecule has 1 heterocycles. The molecule has 2 rings (SSSR count). The Labute approximate surface area is 138 Å². The van der Waals surface area contributed by atoms with Crippen LogP contribution in [0.25, 0.3) is 0 Å². The molecular weight excluding hydrogens is 306 g/mol. The van der Waals surface area contributed by atoms with E-state index < -0.39 is 0 Å². The molecule has 0 aromatic heterocycles. The number of carbonyl (C=O) groups excluding carboxylic acids is 2. The average molecular weight is 334 g/mol. The zero-order chi connectivity index (χ0) is 15.2. The quantitative estimate of drug-likeness (QED) is 0.665. The third kappa shape index (κ3) is 5.74. The predicted molar refractivity (Wildman–Crippen MR) is 86.5 cm³/mol. The fourth-order valence-corrected chi connectivity index (χ4v) is 3.49. The van der Waals surface area contributed by atoms with E-state index in [4.69, 9.17) is 16.2 Å². The monoisotopic (exact) mass is 333 g/mol. The highest BCUT2D eigenvalue weighted by Gasteiger charge is 2.30. The molecule has 2 amide bonds. The summed E-state index contributed by atoms with van der Waals surface area (Å²) >= 11 is 0. The number of primary amides is 1. The summed E-state index contributed by atoms with van der Waals surface area (Å²) in [5, 5.41) is 3.01. The number of ether oxygens (including phenoxy) is 1. The van der Waals surface area contributed by atoms with Crippen LogP contribution in [0.15, 0.2) is 0 Å². The average Bonchev–Trinajstić information content (AvgIpc) is 2.84. The van der Waals surface area contributed by atoms with Gasteiger partial charge in [0.1, 0.15) is 0 Å². The van der Waals surface area contributed by atoms with Crippen molar-refractivity contribution in [1.29, 1.82) is 0 Å². The van der Waals surface area contributed by atoms with Crippen LogP contribution in [0.1, 0.15) is 44.9 Å². The first-order valence-corrected chi connectivity index (χ1v) is 7.97. The molecule has 0 aromatic carbocycles. The molecule has 6 nitrogen and oxygen atoms in total. The molecule has 0 bridgehead atoms. The van der Waals surface area contributed by atoms with Crippen molar-refractivity contribution in [3.05, 3.63) is 0 Å². The van der Waals surface area contributed by atoms with E-state index in [-0.39, 0.29) is 54.6 Å². The highest BCUT2D eigenvalue weighted by atomic mass is 35.5. The lowest BCUT2D eigenvalue weighted by Crippen LogP contribution is -2.45. The first kappa shape index (κ1) is 19.2. The summed E-state index contributed by atoms with van der Waals surface area (Å²) in [6.07, 6.45) is 5.51. The fraction of sp³-hybridized carbons (Fsp3) is 0.867. The zero-order valence-corrected chi connectivity index (χ0v) is 13.8. The van der Waals surface area contributed by atoms with Crippen LogP contribution in [0, 0.1) is 11.8 Å². The van der Waals surface area contributed by atoms with Crippen molar-refractivity contribution in [3.63, 3.8) is 0 Å². The summed E-state index contributed by atoms with van der Waals surface area (Å²) in [5.74, 6) is 0.167. The van der Waals surface area contributed by atoms with Crippen molar-refractivity contribution < 1.29 is 14.3 Å². The molecule has 5 N–H and O–H groups in total. The van der Waals surface area contributed by atoms with E-state index in [0.29, 0.717) is 19.6 Å². The number of carbonyl (C=O) groups is 2. The number of rotatable bonds is 6. The van der Waals surface area contributed by atoms with Crippen LogP contribution in [-0.2, 0) is 14.3 Å². The summed E-state index contributed by atoms with van der Waals surface area (Å²) < 4.78 is 5.34. The van der Waals surface area contributed by atoms with Gasteiger partial charge in [-0.05, 0) is 37.5 Å². The second-order valence-corrected chi connectivity index (χ2v) is 6.35. The summed E-state index contributed by atoms with van der Waals surface area (Å²) in [6.45, 7) is 1.37. The molecule has 1 saturated carbocycles. The number of amides is 2. The summed E-state index contributed by atoms with van der Waals surface area (Å²) in [5.41, 5.74) is 11.3. The van der Waals surface area contributed by atoms with Gasteiger partial charge in [-0.2, -0.15) is 0 Å². The number of nitrogens with one attached hydrogen (secondary N) is 1. The molecule has 2 fully saturated rings. The first-order valence-electron chi connectivity index (χ1n) is 7.97. The third-order valence-electron chi connectivity index (χ3n) is 4.77. The van der Waals surface area contributed by atoms with Gasteiger partial charge in [-0.25, -0.2) is 0 Å². The Morgan fingerprint density at radius 3 is 2.41 bits per heavy atom. The van der Waals surface area contributed by atoms with Crippen LogP contribution in [-0.4, -0.2) is 37.1 Å². The van der Waals surface area contributed by atoms with Gasteiger partial charge in [-0.3, -0.25) is 9.59 Å². The summed E-state index contributed by atoms with van der Waals surface area (Å²) in [7, 11) is 0. The zero-order valence-electron chi connectivity index (χ0n) is 13.0. The molecule has 0 radical (unpaired) electrons. The minimum atomic E-state index is -0.371. The fourth-order valence-electron chi connectivity index (χ4n) is 3.49. The lowest BCUT2D eigenvalue weighted by Gasteiger charge is -2.30. The summed E-state index contributed by atoms with van der Waals surface area (Å²) in [4.78, 5) is 23.5. The van der Waals surface area contributed by atoms with E-state index in [1.54, 1.807) is 0 Å². The van der Waals surface area contributed by atoms with Crippen LogP contribution in [0.5, 0.6) is 0 Å². The Morgan fingerprint density at radius 1 is 1.18 bits per heavy atom. The molecule has 128 valence electrons. The molecule has 1 aliphatic heterocycles. The maximum Gasteiger partial charge on any atom is 0.220 e. The van der Waals surface area contributed by atoms with Crippen molar-refractivity contribution in [2.75, 3.05) is 13.2 Å². The van der Waals surface area contributed by atoms with E-state index in [9.17, 15) is 9.59 Å². The van der Waals surface area contributed by atoms with E-state index in [2.05, 4.69) is 5.32 Å². The van der Waals surface area contributed by atoms with E-state index in [1.807, 2.05) is 0 Å². The Hall–Kier alpha value is -0.850. The topological polar surface area (TPSA) is 107 Å². The molecule has 22 heavy (non-hydrogen) atoms. The molecule has 3 atom stereocenters. The third-order valence-corrected chi connectivity index (χ3v) is 4.77. The summed E-state index contributed by atoms with van der Waals surface area (Å²) in [6, 6.07) is -0.0371. The number of hydrogen-bond acceptors (Lipinski definition) is 4. The van der Waals surface area contributed by atoms with Crippen LogP contribution in [0.2, 0.25) is 0 Å². The van der Waals surface area contributed by atoms with Gasteiger partial charge in [0, 0.05) is 38.1 Å². The Bertz CT molecular complexity index is 375. The molecule has 0 spiro atoms. The van der Waals surface area contributed by atoms with Crippen LogP contribution < -0.4 is 16.8 Å². The van der Waals surface area contributed by atoms with Crippen molar-refractivity contribution in [1.82, 2.24) is 5.32 Å². The van der Waals surface area contributed by atoms with Gasteiger partial charge >= 0.3 is 0 Å². The lowest BCUT2D eigenvalue weighted by molar-refractivity contribution is -0.124. The van der Waals surface area contributed by atoms with Crippen molar-refractivity contribution >= 4 is 24.2 Å². The molecular formula is C15H28ClN3O3. The molecule has 2 aliphatic rings. The van der Waals surface area contributed by atoms with Gasteiger partial charge in [0.25, 0.3) is 0 Å². The van der Waals surface area contributed by atoms with Gasteiger partial charge in [0.2, 0.25) is 11.8 Å². The highest BCUT2D eigenvalue weighted by molar-refractivity contribution is 5.85. The molecule has 1 unspecified atom stereocenters. The second kappa shape index (κ2) is 9.33. The molecule has 7 heteroatoms. The number of hydrogen-bond donors (Lipinski definition) is 3. The molecule has 1 aliphatic carbocycles. The SMILES string of the molecule is Cl.NC(=O)CC(NC(=O)C[C@@H]1CCC[C@H]1N)C1CCOCC1. The standard InChI is InChI=1S/C15H27N3O3.ClH/c16-12-3-1-2-11(12)8-15(20)18-13(9-14(17)19)10-4-6-21-7-5-10;/h10-13H,1-9,16H2,(H2,17,19)(H,18,20);1H/t11-,12+,13?;/m0./s1. The van der Waals surface area contributed by atoms with Gasteiger partial charge in [0.15, 0.2) is 0 Å². The molecule has 1 saturated heterocycles. The Balaban J connectivity index is 0.00000242. The van der Waals surface area contributed by atoms with Gasteiger partial charge < -0.3 is 21.5 Å². The highest BCUT2D eigenvalue weighted by Crippen LogP contribution is 2.27. The largest absolute Gasteiger partial charge is 0.381 e. The smallest absolute Gasteiger partial charge is 0.220 e. The first-order chi connectivity index (χ1) is 10.1. The maximum atomic E-state index is 12.2. The van der Waals surface area contributed by atoms with E-state index in [1.165, 1.54) is 0 Å². The van der Waals surface area contributed by atoms with Crippen molar-refractivity contribution in [3.8, 4) is 0 Å². The lowest BCUT2D eigenvalue weighted by atomic mass is 9.89. The second-order valence-electron chi connectivity index (χ2n) is 6.35. The van der Waals surface area contributed by atoms with E-state index >= 15 is 0 Å². The normalized spacial score (nSPS) is 27.0.